The van der Waals surface area contributed by atoms with Crippen molar-refractivity contribution < 1.29 is 21.6 Å². The number of fused-ring (bicyclic) bond motifs is 1. The fourth-order valence-electron chi connectivity index (χ4n) is 4.87. The van der Waals surface area contributed by atoms with Crippen LogP contribution in [0.25, 0.3) is 22.0 Å². The molecule has 0 N–H and O–H groups in total. The third-order valence-electron chi connectivity index (χ3n) is 7.01. The van der Waals surface area contributed by atoms with Gasteiger partial charge < -0.3 is 4.57 Å². The molecule has 2 aliphatic carbocycles. The Kier molecular flexibility index (Phi) is 6.09. The van der Waals surface area contributed by atoms with Gasteiger partial charge in [-0.25, -0.2) is 8.42 Å². The molecule has 2 saturated carbocycles. The molecule has 5 rings (SSSR count). The molecule has 1 aromatic heterocycles. The van der Waals surface area contributed by atoms with Crippen LogP contribution in [0.3, 0.4) is 0 Å². The fourth-order valence-corrected chi connectivity index (χ4v) is 6.47. The molecule has 0 saturated heterocycles. The van der Waals surface area contributed by atoms with Gasteiger partial charge in [0.15, 0.2) is 0 Å². The van der Waals surface area contributed by atoms with Crippen LogP contribution in [0.4, 0.5) is 13.2 Å². The van der Waals surface area contributed by atoms with Crippen molar-refractivity contribution in [3.8, 4) is 11.1 Å². The molecule has 36 heavy (non-hydrogen) atoms. The minimum absolute atomic E-state index is 0.0965. The lowest BCUT2D eigenvalue weighted by atomic mass is 9.96. The zero-order valence-corrected chi connectivity index (χ0v) is 21.6. The molecule has 3 aromatic rings. The second kappa shape index (κ2) is 8.75. The summed E-state index contributed by atoms with van der Waals surface area (Å²) >= 11 is 0. The zero-order valence-electron chi connectivity index (χ0n) is 20.8. The van der Waals surface area contributed by atoms with Crippen LogP contribution in [-0.2, 0) is 22.7 Å². The molecule has 0 spiro atoms. The van der Waals surface area contributed by atoms with E-state index in [0.717, 1.165) is 41.8 Å². The Bertz CT molecular complexity index is 1440. The first-order chi connectivity index (χ1) is 16.8. The van der Waals surface area contributed by atoms with Crippen molar-refractivity contribution in [1.29, 1.82) is 0 Å². The van der Waals surface area contributed by atoms with Gasteiger partial charge >= 0.3 is 6.18 Å². The number of aromatic nitrogens is 1. The van der Waals surface area contributed by atoms with E-state index in [9.17, 15) is 21.6 Å². The zero-order chi connectivity index (χ0) is 25.9. The SMILES string of the molecule is CC(C)(C)Cn1cc(C(=NS(=O)(=O)C2CCC2)C2CC2)c2ccc(-c3ccccc3C(F)(F)F)cc21. The second-order valence-electron chi connectivity index (χ2n) is 11.3. The normalized spacial score (nSPS) is 18.0. The van der Waals surface area contributed by atoms with Crippen LogP contribution in [-0.4, -0.2) is 23.9 Å². The Morgan fingerprint density at radius 2 is 1.72 bits per heavy atom. The molecule has 0 unspecified atom stereocenters. The van der Waals surface area contributed by atoms with Gasteiger partial charge in [0.05, 0.1) is 16.5 Å². The third kappa shape index (κ3) is 4.97. The lowest BCUT2D eigenvalue weighted by Gasteiger charge is -2.23. The minimum atomic E-state index is -4.47. The van der Waals surface area contributed by atoms with Crippen LogP contribution in [0.5, 0.6) is 0 Å². The van der Waals surface area contributed by atoms with Gasteiger partial charge in [-0.3, -0.25) is 0 Å². The highest BCUT2D eigenvalue weighted by atomic mass is 32.2. The van der Waals surface area contributed by atoms with Crippen molar-refractivity contribution in [2.45, 2.75) is 70.8 Å². The van der Waals surface area contributed by atoms with Gasteiger partial charge in [-0.1, -0.05) is 57.5 Å². The Morgan fingerprint density at radius 3 is 2.31 bits per heavy atom. The van der Waals surface area contributed by atoms with E-state index in [4.69, 9.17) is 0 Å². The number of alkyl halides is 3. The Morgan fingerprint density at radius 1 is 1.03 bits per heavy atom. The quantitative estimate of drug-likeness (QED) is 0.320. The topological polar surface area (TPSA) is 51.4 Å². The summed E-state index contributed by atoms with van der Waals surface area (Å²) in [6, 6.07) is 10.9. The molecule has 0 amide bonds. The van der Waals surface area contributed by atoms with Crippen LogP contribution in [0.1, 0.15) is 64.0 Å². The van der Waals surface area contributed by atoms with E-state index in [0.29, 0.717) is 30.7 Å². The summed E-state index contributed by atoms with van der Waals surface area (Å²) in [4.78, 5) is 0. The second-order valence-corrected chi connectivity index (χ2v) is 13.2. The van der Waals surface area contributed by atoms with Gasteiger partial charge in [-0.15, -0.1) is 0 Å². The predicted molar refractivity (Wildman–Crippen MR) is 138 cm³/mol. The lowest BCUT2D eigenvalue weighted by Crippen LogP contribution is -2.28. The molecule has 2 aliphatic rings. The van der Waals surface area contributed by atoms with E-state index in [1.165, 1.54) is 12.1 Å². The van der Waals surface area contributed by atoms with Crippen molar-refractivity contribution in [3.63, 3.8) is 0 Å². The Labute approximate surface area is 210 Å². The number of benzene rings is 2. The van der Waals surface area contributed by atoms with E-state index < -0.39 is 27.0 Å². The fraction of sp³-hybridized carbons (Fsp3) is 0.464. The van der Waals surface area contributed by atoms with Gasteiger partial charge in [0.25, 0.3) is 10.0 Å². The van der Waals surface area contributed by atoms with Crippen LogP contribution < -0.4 is 0 Å². The summed E-state index contributed by atoms with van der Waals surface area (Å²) in [7, 11) is -3.59. The predicted octanol–water partition coefficient (Wildman–Crippen LogP) is 7.45. The summed E-state index contributed by atoms with van der Waals surface area (Å²) in [5, 5.41) is 0.418. The Balaban J connectivity index is 1.69. The summed E-state index contributed by atoms with van der Waals surface area (Å²) < 4.78 is 73.6. The van der Waals surface area contributed by atoms with Gasteiger partial charge in [-0.2, -0.15) is 17.6 Å². The number of hydrogen-bond donors (Lipinski definition) is 0. The van der Waals surface area contributed by atoms with Crippen LogP contribution in [0.2, 0.25) is 0 Å². The molecule has 0 bridgehead atoms. The van der Waals surface area contributed by atoms with E-state index in [1.54, 1.807) is 18.2 Å². The number of rotatable bonds is 6. The standard InChI is InChI=1S/C28H31F3N2O2S/c1-27(2,3)17-33-16-23(26(18-11-12-18)32-36(34,35)20-7-6-8-20)22-14-13-19(15-25(22)33)21-9-4-5-10-24(21)28(29,30)31/h4-5,9-10,13-16,18,20H,6-8,11-12,17H2,1-3H3. The monoisotopic (exact) mass is 516 g/mol. The van der Waals surface area contributed by atoms with Gasteiger partial charge in [0.2, 0.25) is 0 Å². The highest BCUT2D eigenvalue weighted by Crippen LogP contribution is 2.41. The van der Waals surface area contributed by atoms with Crippen molar-refractivity contribution in [3.05, 3.63) is 59.8 Å². The van der Waals surface area contributed by atoms with Crippen LogP contribution in [0.15, 0.2) is 53.1 Å². The largest absolute Gasteiger partial charge is 0.417 e. The molecule has 4 nitrogen and oxygen atoms in total. The maximum Gasteiger partial charge on any atom is 0.417 e. The molecule has 0 radical (unpaired) electrons. The lowest BCUT2D eigenvalue weighted by molar-refractivity contribution is -0.137. The molecule has 2 fully saturated rings. The van der Waals surface area contributed by atoms with E-state index in [-0.39, 0.29) is 16.9 Å². The van der Waals surface area contributed by atoms with Gasteiger partial charge in [0, 0.05) is 35.1 Å². The molecule has 192 valence electrons. The average molecular weight is 517 g/mol. The van der Waals surface area contributed by atoms with E-state index in [2.05, 4.69) is 25.2 Å². The smallest absolute Gasteiger partial charge is 0.346 e. The van der Waals surface area contributed by atoms with E-state index in [1.807, 2.05) is 16.8 Å². The van der Waals surface area contributed by atoms with Crippen LogP contribution >= 0.6 is 0 Å². The van der Waals surface area contributed by atoms with Gasteiger partial charge in [-0.05, 0) is 54.4 Å². The third-order valence-corrected chi connectivity index (χ3v) is 8.77. The highest BCUT2D eigenvalue weighted by Gasteiger charge is 2.37. The first-order valence-electron chi connectivity index (χ1n) is 12.5. The molecule has 1 heterocycles. The minimum Gasteiger partial charge on any atom is -0.346 e. The maximum absolute atomic E-state index is 13.7. The first-order valence-corrected chi connectivity index (χ1v) is 14.0. The first kappa shape index (κ1) is 25.1. The molecular weight excluding hydrogens is 485 g/mol. The molecule has 2 aromatic carbocycles. The summed E-state index contributed by atoms with van der Waals surface area (Å²) in [5.74, 6) is 0.0965. The Hall–Kier alpha value is -2.61. The van der Waals surface area contributed by atoms with Crippen molar-refractivity contribution in [2.24, 2.45) is 15.7 Å². The van der Waals surface area contributed by atoms with Crippen molar-refractivity contribution in [2.75, 3.05) is 0 Å². The van der Waals surface area contributed by atoms with Gasteiger partial charge in [0.1, 0.15) is 0 Å². The number of halogens is 3. The summed E-state index contributed by atoms with van der Waals surface area (Å²) in [5.41, 5.74) is 1.98. The van der Waals surface area contributed by atoms with Crippen LogP contribution in [0, 0.1) is 11.3 Å². The number of sulfonamides is 1. The summed E-state index contributed by atoms with van der Waals surface area (Å²) in [6.45, 7) is 6.91. The van der Waals surface area contributed by atoms with Crippen molar-refractivity contribution in [1.82, 2.24) is 4.57 Å². The highest BCUT2D eigenvalue weighted by molar-refractivity contribution is 7.91. The maximum atomic E-state index is 13.7. The van der Waals surface area contributed by atoms with E-state index >= 15 is 0 Å². The molecule has 8 heteroatoms. The molecule has 0 atom stereocenters. The number of nitrogens with zero attached hydrogens (tertiary/aromatic N) is 2. The molecular formula is C28H31F3N2O2S. The van der Waals surface area contributed by atoms with Crippen molar-refractivity contribution >= 4 is 26.6 Å². The molecule has 0 aliphatic heterocycles. The summed E-state index contributed by atoms with van der Waals surface area (Å²) in [6.07, 6.45) is 1.47. The number of hydrogen-bond acceptors (Lipinski definition) is 2. The average Bonchev–Trinajstić information content (AvgIpc) is 3.52.